The van der Waals surface area contributed by atoms with Crippen molar-refractivity contribution < 1.29 is 18.0 Å². The van der Waals surface area contributed by atoms with E-state index in [9.17, 15) is 18.0 Å². The quantitative estimate of drug-likeness (QED) is 0.474. The molecular weight excluding hydrogens is 497 g/mol. The van der Waals surface area contributed by atoms with Crippen LogP contribution < -0.4 is 5.32 Å². The van der Waals surface area contributed by atoms with Crippen molar-refractivity contribution >= 4 is 45.0 Å². The number of carbonyl (C=O) groups excluding carboxylic acids is 2. The van der Waals surface area contributed by atoms with Gasteiger partial charge in [0.05, 0.1) is 11.4 Å². The Morgan fingerprint density at radius 1 is 1.03 bits per heavy atom. The SMILES string of the molecule is CC[C@@H](C(=O)NCC(C)C)N(Cc1ccccc1Cl)C(=O)CN(C)S(=O)(=O)c1ccc(Cl)cc1. The van der Waals surface area contributed by atoms with Crippen molar-refractivity contribution in [1.82, 2.24) is 14.5 Å². The molecule has 0 bridgehead atoms. The van der Waals surface area contributed by atoms with Crippen molar-refractivity contribution in [2.45, 2.75) is 44.7 Å². The first-order chi connectivity index (χ1) is 16.0. The van der Waals surface area contributed by atoms with Gasteiger partial charge in [-0.05, 0) is 48.2 Å². The highest BCUT2D eigenvalue weighted by Crippen LogP contribution is 2.21. The number of rotatable bonds is 11. The lowest BCUT2D eigenvalue weighted by atomic mass is 10.1. The Balaban J connectivity index is 2.32. The zero-order valence-electron chi connectivity index (χ0n) is 19.8. The Bertz CT molecular complexity index is 1090. The van der Waals surface area contributed by atoms with Gasteiger partial charge in [0.2, 0.25) is 21.8 Å². The van der Waals surface area contributed by atoms with E-state index in [-0.39, 0.29) is 23.3 Å². The van der Waals surface area contributed by atoms with Crippen LogP contribution in [0.1, 0.15) is 32.8 Å². The molecule has 7 nitrogen and oxygen atoms in total. The molecule has 34 heavy (non-hydrogen) atoms. The Morgan fingerprint density at radius 2 is 1.65 bits per heavy atom. The lowest BCUT2D eigenvalue weighted by Gasteiger charge is -2.32. The molecule has 0 aliphatic heterocycles. The van der Waals surface area contributed by atoms with Gasteiger partial charge in [-0.25, -0.2) is 8.42 Å². The summed E-state index contributed by atoms with van der Waals surface area (Å²) in [7, 11) is -2.61. The molecule has 2 amide bonds. The molecule has 0 radical (unpaired) electrons. The highest BCUT2D eigenvalue weighted by molar-refractivity contribution is 7.89. The van der Waals surface area contributed by atoms with E-state index < -0.39 is 28.5 Å². The van der Waals surface area contributed by atoms with E-state index in [0.29, 0.717) is 28.6 Å². The average Bonchev–Trinajstić information content (AvgIpc) is 2.78. The fraction of sp³-hybridized carbons (Fsp3) is 0.417. The summed E-state index contributed by atoms with van der Waals surface area (Å²) < 4.78 is 26.9. The van der Waals surface area contributed by atoms with Crippen molar-refractivity contribution in [2.24, 2.45) is 5.92 Å². The van der Waals surface area contributed by atoms with Crippen molar-refractivity contribution in [2.75, 3.05) is 20.1 Å². The second-order valence-corrected chi connectivity index (χ2v) is 11.3. The zero-order chi connectivity index (χ0) is 25.5. The van der Waals surface area contributed by atoms with Crippen LogP contribution in [0.5, 0.6) is 0 Å². The number of carbonyl (C=O) groups is 2. The summed E-state index contributed by atoms with van der Waals surface area (Å²) in [5.74, 6) is -0.559. The minimum atomic E-state index is -3.94. The number of hydrogen-bond donors (Lipinski definition) is 1. The summed E-state index contributed by atoms with van der Waals surface area (Å²) in [6, 6.07) is 12.0. The summed E-state index contributed by atoms with van der Waals surface area (Å²) >= 11 is 12.2. The molecule has 0 heterocycles. The van der Waals surface area contributed by atoms with E-state index in [2.05, 4.69) is 5.32 Å². The standard InChI is InChI=1S/C24H31Cl2N3O4S/c1-5-22(24(31)27-14-17(2)3)29(15-18-8-6-7-9-21(18)26)23(30)16-28(4)34(32,33)20-12-10-19(25)11-13-20/h6-13,17,22H,5,14-16H2,1-4H3,(H,27,31)/t22-/m0/s1. The lowest BCUT2D eigenvalue weighted by Crippen LogP contribution is -2.52. The van der Waals surface area contributed by atoms with Crippen LogP contribution in [0, 0.1) is 5.92 Å². The molecule has 0 saturated carbocycles. The molecule has 0 fully saturated rings. The highest BCUT2D eigenvalue weighted by Gasteiger charge is 2.32. The van der Waals surface area contributed by atoms with Gasteiger partial charge in [-0.1, -0.05) is 62.2 Å². The van der Waals surface area contributed by atoms with Crippen molar-refractivity contribution in [3.8, 4) is 0 Å². The van der Waals surface area contributed by atoms with Crippen LogP contribution in [-0.2, 0) is 26.2 Å². The van der Waals surface area contributed by atoms with Crippen LogP contribution in [-0.4, -0.2) is 55.6 Å². The predicted octanol–water partition coefficient (Wildman–Crippen LogP) is 4.19. The van der Waals surface area contributed by atoms with E-state index in [0.717, 1.165) is 4.31 Å². The maximum Gasteiger partial charge on any atom is 0.243 e. The Hall–Kier alpha value is -2.13. The molecule has 0 spiro atoms. The monoisotopic (exact) mass is 527 g/mol. The number of likely N-dealkylation sites (N-methyl/N-ethyl adjacent to an activating group) is 1. The molecule has 10 heteroatoms. The molecule has 186 valence electrons. The summed E-state index contributed by atoms with van der Waals surface area (Å²) in [5, 5.41) is 3.74. The maximum absolute atomic E-state index is 13.4. The van der Waals surface area contributed by atoms with Crippen LogP contribution in [0.25, 0.3) is 0 Å². The summed E-state index contributed by atoms with van der Waals surface area (Å²) in [5.41, 5.74) is 0.663. The number of sulfonamides is 1. The Morgan fingerprint density at radius 3 is 2.21 bits per heavy atom. The van der Waals surface area contributed by atoms with Gasteiger partial charge in [-0.15, -0.1) is 0 Å². The molecule has 0 aromatic heterocycles. The molecule has 0 aliphatic carbocycles. The van der Waals surface area contributed by atoms with Crippen LogP contribution >= 0.6 is 23.2 Å². The summed E-state index contributed by atoms with van der Waals surface area (Å²) in [4.78, 5) is 27.8. The third-order valence-corrected chi connectivity index (χ3v) is 7.69. The van der Waals surface area contributed by atoms with E-state index >= 15 is 0 Å². The normalized spacial score (nSPS) is 12.6. The van der Waals surface area contributed by atoms with Gasteiger partial charge in [0.15, 0.2) is 0 Å². The zero-order valence-corrected chi connectivity index (χ0v) is 22.1. The Labute approximate surface area is 212 Å². The topological polar surface area (TPSA) is 86.8 Å². The molecule has 0 unspecified atom stereocenters. The van der Waals surface area contributed by atoms with Crippen LogP contribution in [0.15, 0.2) is 53.4 Å². The molecule has 0 aliphatic rings. The van der Waals surface area contributed by atoms with Gasteiger partial charge < -0.3 is 10.2 Å². The lowest BCUT2D eigenvalue weighted by molar-refractivity contribution is -0.141. The average molecular weight is 529 g/mol. The number of amides is 2. The number of nitrogens with zero attached hydrogens (tertiary/aromatic N) is 2. The predicted molar refractivity (Wildman–Crippen MR) is 135 cm³/mol. The molecule has 2 aromatic rings. The number of halogens is 2. The molecule has 2 rings (SSSR count). The number of hydrogen-bond acceptors (Lipinski definition) is 4. The fourth-order valence-corrected chi connectivity index (χ4v) is 4.75. The first-order valence-electron chi connectivity index (χ1n) is 11.0. The van der Waals surface area contributed by atoms with Gasteiger partial charge in [0.1, 0.15) is 6.04 Å². The number of benzene rings is 2. The molecule has 1 N–H and O–H groups in total. The third kappa shape index (κ3) is 7.43. The third-order valence-electron chi connectivity index (χ3n) is 5.25. The Kier molecular flexibility index (Phi) is 10.4. The smallest absolute Gasteiger partial charge is 0.243 e. The molecular formula is C24H31Cl2N3O4S. The van der Waals surface area contributed by atoms with Crippen LogP contribution in [0.2, 0.25) is 10.0 Å². The van der Waals surface area contributed by atoms with Gasteiger partial charge in [0.25, 0.3) is 0 Å². The van der Waals surface area contributed by atoms with Crippen molar-refractivity contribution in [3.63, 3.8) is 0 Å². The minimum absolute atomic E-state index is 0.0200. The molecule has 2 aromatic carbocycles. The summed E-state index contributed by atoms with van der Waals surface area (Å²) in [6.07, 6.45) is 0.355. The fourth-order valence-electron chi connectivity index (χ4n) is 3.30. The second-order valence-electron chi connectivity index (χ2n) is 8.39. The first-order valence-corrected chi connectivity index (χ1v) is 13.2. The van der Waals surface area contributed by atoms with E-state index in [1.165, 1.54) is 36.2 Å². The highest BCUT2D eigenvalue weighted by atomic mass is 35.5. The van der Waals surface area contributed by atoms with Gasteiger partial charge in [0, 0.05) is 30.2 Å². The van der Waals surface area contributed by atoms with Crippen molar-refractivity contribution in [3.05, 3.63) is 64.1 Å². The van der Waals surface area contributed by atoms with Crippen LogP contribution in [0.4, 0.5) is 0 Å². The largest absolute Gasteiger partial charge is 0.354 e. The van der Waals surface area contributed by atoms with Crippen molar-refractivity contribution in [1.29, 1.82) is 0 Å². The van der Waals surface area contributed by atoms with Gasteiger partial charge >= 0.3 is 0 Å². The molecule has 1 atom stereocenters. The summed E-state index contributed by atoms with van der Waals surface area (Å²) in [6.45, 7) is 5.86. The van der Waals surface area contributed by atoms with Gasteiger partial charge in [-0.3, -0.25) is 9.59 Å². The second kappa shape index (κ2) is 12.5. The molecule has 0 saturated heterocycles. The van der Waals surface area contributed by atoms with E-state index in [4.69, 9.17) is 23.2 Å². The van der Waals surface area contributed by atoms with Gasteiger partial charge in [-0.2, -0.15) is 4.31 Å². The maximum atomic E-state index is 13.4. The first kappa shape index (κ1) is 28.1. The van der Waals surface area contributed by atoms with E-state index in [1.54, 1.807) is 31.2 Å². The number of nitrogens with one attached hydrogen (secondary N) is 1. The minimum Gasteiger partial charge on any atom is -0.354 e. The van der Waals surface area contributed by atoms with E-state index in [1.807, 2.05) is 13.8 Å². The van der Waals surface area contributed by atoms with Crippen LogP contribution in [0.3, 0.4) is 0 Å².